The van der Waals surface area contributed by atoms with E-state index < -0.39 is 0 Å². The van der Waals surface area contributed by atoms with E-state index in [-0.39, 0.29) is 12.0 Å². The van der Waals surface area contributed by atoms with E-state index >= 15 is 0 Å². The molecule has 2 aromatic rings. The zero-order valence-corrected chi connectivity index (χ0v) is 15.1. The third-order valence-electron chi connectivity index (χ3n) is 5.02. The Morgan fingerprint density at radius 2 is 2.12 bits per heavy atom. The van der Waals surface area contributed by atoms with Crippen LogP contribution in [0.1, 0.15) is 21.7 Å². The molecule has 2 aliphatic rings. The van der Waals surface area contributed by atoms with E-state index in [4.69, 9.17) is 4.74 Å². The lowest BCUT2D eigenvalue weighted by Crippen LogP contribution is -2.49. The molecule has 132 valence electrons. The number of amides is 1. The lowest BCUT2D eigenvalue weighted by atomic mass is 9.93. The zero-order chi connectivity index (χ0) is 17.2. The van der Waals surface area contributed by atoms with Crippen LogP contribution in [-0.2, 0) is 4.74 Å². The summed E-state index contributed by atoms with van der Waals surface area (Å²) in [4.78, 5) is 26.5. The first-order valence-electron chi connectivity index (χ1n) is 8.69. The Bertz CT molecular complexity index is 736. The van der Waals surface area contributed by atoms with Crippen molar-refractivity contribution < 1.29 is 9.53 Å². The molecule has 0 aromatic carbocycles. The Morgan fingerprint density at radius 3 is 2.88 bits per heavy atom. The van der Waals surface area contributed by atoms with Gasteiger partial charge in [0.1, 0.15) is 0 Å². The van der Waals surface area contributed by atoms with Gasteiger partial charge in [0.15, 0.2) is 0 Å². The number of nitrogens with zero attached hydrogens (tertiary/aromatic N) is 4. The first kappa shape index (κ1) is 16.5. The molecule has 2 aromatic heterocycles. The molecule has 0 N–H and O–H groups in total. The molecular weight excluding hydrogens is 336 g/mol. The van der Waals surface area contributed by atoms with E-state index in [1.54, 1.807) is 12.4 Å². The van der Waals surface area contributed by atoms with Crippen molar-refractivity contribution in [2.45, 2.75) is 19.4 Å². The molecule has 7 heteroatoms. The van der Waals surface area contributed by atoms with Gasteiger partial charge in [-0.1, -0.05) is 0 Å². The third-order valence-corrected chi connectivity index (χ3v) is 6.03. The van der Waals surface area contributed by atoms with Crippen LogP contribution in [0, 0.1) is 12.8 Å². The highest BCUT2D eigenvalue weighted by atomic mass is 32.1. The number of aryl methyl sites for hydroxylation is 1. The highest BCUT2D eigenvalue weighted by Gasteiger charge is 2.36. The van der Waals surface area contributed by atoms with Gasteiger partial charge < -0.3 is 14.5 Å². The van der Waals surface area contributed by atoms with Crippen molar-refractivity contribution in [3.63, 3.8) is 0 Å². The van der Waals surface area contributed by atoms with Gasteiger partial charge in [-0.05, 0) is 36.4 Å². The molecule has 2 fully saturated rings. The lowest BCUT2D eigenvalue weighted by Gasteiger charge is -2.37. The summed E-state index contributed by atoms with van der Waals surface area (Å²) in [7, 11) is 0. The first-order valence-corrected chi connectivity index (χ1v) is 9.57. The van der Waals surface area contributed by atoms with Crippen LogP contribution in [0.2, 0.25) is 0 Å². The molecule has 4 heterocycles. The van der Waals surface area contributed by atoms with Crippen LogP contribution in [0.5, 0.6) is 0 Å². The number of ether oxygens (including phenoxy) is 1. The predicted octanol–water partition coefficient (Wildman–Crippen LogP) is 2.21. The van der Waals surface area contributed by atoms with Crippen LogP contribution >= 0.6 is 11.3 Å². The monoisotopic (exact) mass is 358 g/mol. The van der Waals surface area contributed by atoms with Gasteiger partial charge in [-0.3, -0.25) is 4.79 Å². The van der Waals surface area contributed by atoms with Crippen molar-refractivity contribution in [1.29, 1.82) is 0 Å². The number of aromatic nitrogens is 2. The van der Waals surface area contributed by atoms with Gasteiger partial charge in [0.2, 0.25) is 5.95 Å². The average Bonchev–Trinajstić information content (AvgIpc) is 2.96. The molecule has 2 saturated heterocycles. The molecular formula is C18H22N4O2S. The second kappa shape index (κ2) is 7.09. The summed E-state index contributed by atoms with van der Waals surface area (Å²) in [5.41, 5.74) is 1.06. The van der Waals surface area contributed by atoms with Gasteiger partial charge in [-0.15, -0.1) is 11.3 Å². The summed E-state index contributed by atoms with van der Waals surface area (Å²) in [6.07, 6.45) is 4.59. The number of fused-ring (bicyclic) bond motifs is 1. The normalized spacial score (nSPS) is 23.9. The minimum atomic E-state index is 0.0895. The molecule has 1 amide bonds. The zero-order valence-electron chi connectivity index (χ0n) is 14.3. The number of piperidine rings is 1. The maximum absolute atomic E-state index is 12.8. The number of hydrogen-bond donors (Lipinski definition) is 0. The van der Waals surface area contributed by atoms with E-state index in [2.05, 4.69) is 14.9 Å². The van der Waals surface area contributed by atoms with Gasteiger partial charge in [-0.25, -0.2) is 9.97 Å². The van der Waals surface area contributed by atoms with E-state index in [0.29, 0.717) is 19.1 Å². The number of carbonyl (C=O) groups is 1. The topological polar surface area (TPSA) is 58.6 Å². The smallest absolute Gasteiger partial charge is 0.264 e. The van der Waals surface area contributed by atoms with Crippen LogP contribution < -0.4 is 4.90 Å². The van der Waals surface area contributed by atoms with E-state index in [1.807, 2.05) is 29.3 Å². The molecule has 25 heavy (non-hydrogen) atoms. The molecule has 2 aliphatic heterocycles. The number of likely N-dealkylation sites (tertiary alicyclic amines) is 1. The highest BCUT2D eigenvalue weighted by Crippen LogP contribution is 2.27. The molecule has 4 rings (SSSR count). The van der Waals surface area contributed by atoms with Gasteiger partial charge >= 0.3 is 0 Å². The molecule has 0 saturated carbocycles. The number of carbonyl (C=O) groups excluding carboxylic acids is 1. The van der Waals surface area contributed by atoms with Crippen molar-refractivity contribution >= 4 is 23.2 Å². The van der Waals surface area contributed by atoms with Crippen molar-refractivity contribution in [3.8, 4) is 0 Å². The van der Waals surface area contributed by atoms with E-state index in [9.17, 15) is 4.79 Å². The Morgan fingerprint density at radius 1 is 1.28 bits per heavy atom. The molecule has 2 atom stereocenters. The number of hydrogen-bond acceptors (Lipinski definition) is 6. The minimum Gasteiger partial charge on any atom is -0.374 e. The maximum Gasteiger partial charge on any atom is 0.264 e. The van der Waals surface area contributed by atoms with Crippen LogP contribution in [0.3, 0.4) is 0 Å². The second-order valence-corrected chi connectivity index (χ2v) is 7.55. The molecule has 0 unspecified atom stereocenters. The fourth-order valence-electron chi connectivity index (χ4n) is 3.61. The lowest BCUT2D eigenvalue weighted by molar-refractivity contribution is -0.0168. The number of rotatable bonds is 2. The van der Waals surface area contributed by atoms with Crippen LogP contribution in [0.4, 0.5) is 5.95 Å². The van der Waals surface area contributed by atoms with E-state index in [0.717, 1.165) is 42.4 Å². The van der Waals surface area contributed by atoms with Crippen molar-refractivity contribution in [2.75, 3.05) is 37.7 Å². The first-order chi connectivity index (χ1) is 12.2. The van der Waals surface area contributed by atoms with Gasteiger partial charge in [0.05, 0.1) is 17.6 Å². The van der Waals surface area contributed by atoms with Crippen molar-refractivity contribution in [2.24, 2.45) is 5.92 Å². The molecule has 0 spiro atoms. The molecule has 0 bridgehead atoms. The molecule has 0 aliphatic carbocycles. The highest BCUT2D eigenvalue weighted by molar-refractivity contribution is 7.12. The van der Waals surface area contributed by atoms with Gasteiger partial charge in [-0.2, -0.15) is 0 Å². The fourth-order valence-corrected chi connectivity index (χ4v) is 4.50. The summed E-state index contributed by atoms with van der Waals surface area (Å²) >= 11 is 1.53. The second-order valence-electron chi connectivity index (χ2n) is 6.64. The van der Waals surface area contributed by atoms with E-state index in [1.165, 1.54) is 11.3 Å². The fraction of sp³-hybridized carbons (Fsp3) is 0.500. The molecule has 6 nitrogen and oxygen atoms in total. The van der Waals surface area contributed by atoms with Crippen LogP contribution in [0.25, 0.3) is 0 Å². The standard InChI is InChI=1S/C18H22N4O2S/c1-13-4-10-25-16(13)17(23)21-7-3-14-11-22(8-9-24-15(14)12-21)18-19-5-2-6-20-18/h2,4-6,10,14-15H,3,7-9,11-12H2,1H3/t14-,15-/m0/s1. The van der Waals surface area contributed by atoms with Crippen molar-refractivity contribution in [1.82, 2.24) is 14.9 Å². The van der Waals surface area contributed by atoms with Crippen molar-refractivity contribution in [3.05, 3.63) is 40.3 Å². The quantitative estimate of drug-likeness (QED) is 0.824. The van der Waals surface area contributed by atoms with Crippen LogP contribution in [0.15, 0.2) is 29.9 Å². The summed E-state index contributed by atoms with van der Waals surface area (Å²) in [5.74, 6) is 1.31. The number of thiophene rings is 1. The Kier molecular flexibility index (Phi) is 4.67. The van der Waals surface area contributed by atoms with Gasteiger partial charge in [0, 0.05) is 44.5 Å². The Labute approximate surface area is 151 Å². The predicted molar refractivity (Wildman–Crippen MR) is 97.1 cm³/mol. The third kappa shape index (κ3) is 3.39. The SMILES string of the molecule is Cc1ccsc1C(=O)N1CC[C@H]2CN(c3ncccn3)CCO[C@H]2C1. The number of anilines is 1. The summed E-state index contributed by atoms with van der Waals surface area (Å²) in [6, 6.07) is 3.84. The van der Waals surface area contributed by atoms with Crippen LogP contribution in [-0.4, -0.2) is 59.7 Å². The van der Waals surface area contributed by atoms with Gasteiger partial charge in [0.25, 0.3) is 5.91 Å². The largest absolute Gasteiger partial charge is 0.374 e. The molecule has 0 radical (unpaired) electrons. The summed E-state index contributed by atoms with van der Waals surface area (Å²) < 4.78 is 6.10. The Hall–Kier alpha value is -1.99. The minimum absolute atomic E-state index is 0.0895. The average molecular weight is 358 g/mol. The summed E-state index contributed by atoms with van der Waals surface area (Å²) in [6.45, 7) is 5.76. The Balaban J connectivity index is 1.44. The maximum atomic E-state index is 12.8. The summed E-state index contributed by atoms with van der Waals surface area (Å²) in [5, 5.41) is 1.98.